The molecule has 2 aromatic rings. The Morgan fingerprint density at radius 2 is 1.94 bits per heavy atom. The number of anilines is 1. The van der Waals surface area contributed by atoms with E-state index in [-0.39, 0.29) is 17.8 Å². The number of nitrogens with one attached hydrogen (secondary N) is 1. The summed E-state index contributed by atoms with van der Waals surface area (Å²) in [6.07, 6.45) is 8.78. The van der Waals surface area contributed by atoms with Crippen LogP contribution < -0.4 is 16.0 Å². The van der Waals surface area contributed by atoms with Crippen molar-refractivity contribution < 1.29 is 9.53 Å². The summed E-state index contributed by atoms with van der Waals surface area (Å²) in [5.41, 5.74) is 7.05. The molecule has 1 aliphatic heterocycles. The van der Waals surface area contributed by atoms with Gasteiger partial charge in [-0.25, -0.2) is 4.98 Å². The predicted molar refractivity (Wildman–Crippen MR) is 129 cm³/mol. The molecule has 4 rings (SSSR count). The Bertz CT molecular complexity index is 964. The van der Waals surface area contributed by atoms with Gasteiger partial charge in [0.25, 0.3) is 5.91 Å². The Balaban J connectivity index is 1.58. The maximum absolute atomic E-state index is 12.9. The zero-order valence-electron chi connectivity index (χ0n) is 19.2. The van der Waals surface area contributed by atoms with Crippen LogP contribution in [0.4, 0.5) is 5.82 Å². The Hall–Kier alpha value is -2.51. The molecular formula is C25H35N5O2. The quantitative estimate of drug-likeness (QED) is 0.421. The first-order chi connectivity index (χ1) is 15.5. The lowest BCUT2D eigenvalue weighted by Crippen LogP contribution is -2.56. The molecule has 2 atom stereocenters. The SMILES string of the molecule is COC1CN(c2nc3ccccc3cc2C(=O)N=C(C)N)CCC1NC1CCCCCC1. The predicted octanol–water partition coefficient (Wildman–Crippen LogP) is 3.66. The Morgan fingerprint density at radius 1 is 1.19 bits per heavy atom. The first kappa shape index (κ1) is 22.7. The Morgan fingerprint density at radius 3 is 2.66 bits per heavy atom. The van der Waals surface area contributed by atoms with Gasteiger partial charge in [0.1, 0.15) is 11.7 Å². The number of methoxy groups -OCH3 is 1. The molecule has 0 radical (unpaired) electrons. The molecule has 1 saturated heterocycles. The van der Waals surface area contributed by atoms with Crippen LogP contribution in [0.15, 0.2) is 35.3 Å². The van der Waals surface area contributed by atoms with Gasteiger partial charge in [0.15, 0.2) is 0 Å². The van der Waals surface area contributed by atoms with Crippen LogP contribution in [0.1, 0.15) is 62.2 Å². The van der Waals surface area contributed by atoms with Crippen molar-refractivity contribution in [2.24, 2.45) is 10.7 Å². The molecule has 1 aromatic carbocycles. The number of aromatic nitrogens is 1. The van der Waals surface area contributed by atoms with Crippen molar-refractivity contribution in [3.8, 4) is 0 Å². The second kappa shape index (κ2) is 10.4. The van der Waals surface area contributed by atoms with Crippen LogP contribution >= 0.6 is 0 Å². The number of carbonyl (C=O) groups excluding carboxylic acids is 1. The minimum absolute atomic E-state index is 0.0305. The second-order valence-corrected chi connectivity index (χ2v) is 9.08. The summed E-state index contributed by atoms with van der Waals surface area (Å²) in [5.74, 6) is 0.551. The van der Waals surface area contributed by atoms with Crippen LogP contribution in [0.25, 0.3) is 10.9 Å². The third-order valence-electron chi connectivity index (χ3n) is 6.68. The van der Waals surface area contributed by atoms with Gasteiger partial charge in [0.05, 0.1) is 17.2 Å². The largest absolute Gasteiger partial charge is 0.387 e. The molecule has 2 fully saturated rings. The molecule has 1 aliphatic carbocycles. The van der Waals surface area contributed by atoms with Crippen LogP contribution in [-0.2, 0) is 4.74 Å². The average molecular weight is 438 g/mol. The molecule has 172 valence electrons. The highest BCUT2D eigenvalue weighted by atomic mass is 16.5. The van der Waals surface area contributed by atoms with E-state index < -0.39 is 0 Å². The van der Waals surface area contributed by atoms with E-state index in [1.54, 1.807) is 14.0 Å². The topological polar surface area (TPSA) is 92.8 Å². The van der Waals surface area contributed by atoms with Crippen molar-refractivity contribution in [1.29, 1.82) is 0 Å². The molecular weight excluding hydrogens is 402 g/mol. The lowest BCUT2D eigenvalue weighted by Gasteiger charge is -2.40. The number of rotatable bonds is 5. The van der Waals surface area contributed by atoms with E-state index >= 15 is 0 Å². The highest BCUT2D eigenvalue weighted by molar-refractivity contribution is 6.07. The third kappa shape index (κ3) is 5.27. The van der Waals surface area contributed by atoms with E-state index in [1.807, 2.05) is 30.3 Å². The van der Waals surface area contributed by atoms with E-state index in [4.69, 9.17) is 15.5 Å². The fourth-order valence-electron chi connectivity index (χ4n) is 5.01. The van der Waals surface area contributed by atoms with E-state index in [2.05, 4.69) is 15.2 Å². The summed E-state index contributed by atoms with van der Waals surface area (Å²) >= 11 is 0. The Labute approximate surface area is 190 Å². The molecule has 1 amide bonds. The summed E-state index contributed by atoms with van der Waals surface area (Å²) in [7, 11) is 1.78. The number of nitrogens with two attached hydrogens (primary N) is 1. The van der Waals surface area contributed by atoms with Gasteiger partial charge in [0, 0.05) is 37.7 Å². The number of hydrogen-bond donors (Lipinski definition) is 2. The molecule has 3 N–H and O–H groups in total. The lowest BCUT2D eigenvalue weighted by atomic mass is 9.98. The summed E-state index contributed by atoms with van der Waals surface area (Å²) in [6.45, 7) is 3.11. The molecule has 2 aliphatic rings. The second-order valence-electron chi connectivity index (χ2n) is 9.08. The molecule has 2 heterocycles. The van der Waals surface area contributed by atoms with Crippen molar-refractivity contribution >= 4 is 28.5 Å². The summed E-state index contributed by atoms with van der Waals surface area (Å²) in [6, 6.07) is 10.6. The molecule has 1 saturated carbocycles. The molecule has 0 spiro atoms. The zero-order valence-corrected chi connectivity index (χ0v) is 19.2. The van der Waals surface area contributed by atoms with Crippen molar-refractivity contribution in [3.05, 3.63) is 35.9 Å². The zero-order chi connectivity index (χ0) is 22.5. The molecule has 1 aromatic heterocycles. The summed E-state index contributed by atoms with van der Waals surface area (Å²) < 4.78 is 5.92. The average Bonchev–Trinajstić information content (AvgIpc) is 3.06. The molecule has 32 heavy (non-hydrogen) atoms. The molecule has 7 nitrogen and oxygen atoms in total. The van der Waals surface area contributed by atoms with E-state index in [9.17, 15) is 4.79 Å². The number of aliphatic imine (C=N–C) groups is 1. The normalized spacial score (nSPS) is 23.3. The number of carbonyl (C=O) groups is 1. The highest BCUT2D eigenvalue weighted by Gasteiger charge is 2.33. The van der Waals surface area contributed by atoms with Gasteiger partial charge in [0.2, 0.25) is 0 Å². The van der Waals surface area contributed by atoms with Crippen molar-refractivity contribution in [3.63, 3.8) is 0 Å². The van der Waals surface area contributed by atoms with E-state index in [0.29, 0.717) is 30.0 Å². The molecule has 0 bridgehead atoms. The minimum atomic E-state index is -0.356. The first-order valence-electron chi connectivity index (χ1n) is 11.8. The third-order valence-corrected chi connectivity index (χ3v) is 6.68. The van der Waals surface area contributed by atoms with Crippen LogP contribution in [0.5, 0.6) is 0 Å². The van der Waals surface area contributed by atoms with E-state index in [0.717, 1.165) is 23.9 Å². The molecule has 2 unspecified atom stereocenters. The maximum Gasteiger partial charge on any atom is 0.282 e. The number of benzene rings is 1. The van der Waals surface area contributed by atoms with Gasteiger partial charge in [-0.2, -0.15) is 4.99 Å². The van der Waals surface area contributed by atoms with Gasteiger partial charge in [-0.1, -0.05) is 43.9 Å². The number of fused-ring (bicyclic) bond motifs is 1. The number of ether oxygens (including phenoxy) is 1. The number of pyridine rings is 1. The number of amidine groups is 1. The Kier molecular flexibility index (Phi) is 7.37. The standard InChI is InChI=1S/C25H35N5O2/c1-17(26)27-25(31)20-15-18-9-7-8-12-21(18)29-24(20)30-14-13-22(23(16-30)32-2)28-19-10-5-3-4-6-11-19/h7-9,12,15,19,22-23,28H,3-6,10-11,13-14,16H2,1-2H3,(H2,26,27,31). The van der Waals surface area contributed by atoms with Crippen molar-refractivity contribution in [1.82, 2.24) is 10.3 Å². The van der Waals surface area contributed by atoms with Crippen LogP contribution in [0.3, 0.4) is 0 Å². The van der Waals surface area contributed by atoms with Crippen molar-refractivity contribution in [2.45, 2.75) is 70.1 Å². The number of nitrogens with zero attached hydrogens (tertiary/aromatic N) is 3. The highest BCUT2D eigenvalue weighted by Crippen LogP contribution is 2.28. The van der Waals surface area contributed by atoms with Crippen LogP contribution in [0.2, 0.25) is 0 Å². The lowest BCUT2D eigenvalue weighted by molar-refractivity contribution is 0.0546. The number of amides is 1. The van der Waals surface area contributed by atoms with Crippen LogP contribution in [-0.4, -0.2) is 55.1 Å². The van der Waals surface area contributed by atoms with E-state index in [1.165, 1.54) is 38.5 Å². The van der Waals surface area contributed by atoms with Gasteiger partial charge >= 0.3 is 0 Å². The smallest absolute Gasteiger partial charge is 0.282 e. The van der Waals surface area contributed by atoms with Crippen LogP contribution in [0, 0.1) is 0 Å². The van der Waals surface area contributed by atoms with Gasteiger partial charge in [-0.05, 0) is 38.3 Å². The number of hydrogen-bond acceptors (Lipinski definition) is 5. The fraction of sp³-hybridized carbons (Fsp3) is 0.560. The monoisotopic (exact) mass is 437 g/mol. The van der Waals surface area contributed by atoms with Gasteiger partial charge in [-0.15, -0.1) is 0 Å². The molecule has 7 heteroatoms. The summed E-state index contributed by atoms with van der Waals surface area (Å²) in [5, 5.41) is 4.80. The first-order valence-corrected chi connectivity index (χ1v) is 11.8. The summed E-state index contributed by atoms with van der Waals surface area (Å²) in [4.78, 5) is 23.9. The van der Waals surface area contributed by atoms with Crippen molar-refractivity contribution in [2.75, 3.05) is 25.1 Å². The maximum atomic E-state index is 12.9. The van der Waals surface area contributed by atoms with Gasteiger partial charge in [-0.3, -0.25) is 4.79 Å². The number of piperidine rings is 1. The number of para-hydroxylation sites is 1. The fourth-order valence-corrected chi connectivity index (χ4v) is 5.01. The minimum Gasteiger partial charge on any atom is -0.387 e. The van der Waals surface area contributed by atoms with Gasteiger partial charge < -0.3 is 20.7 Å².